The summed E-state index contributed by atoms with van der Waals surface area (Å²) in [7, 11) is 5.85. The predicted octanol–water partition coefficient (Wildman–Crippen LogP) is 5.57. The van der Waals surface area contributed by atoms with E-state index in [1.165, 1.54) is 54.8 Å². The molecular formula is C30H28N2O10. The molecule has 12 heteroatoms. The van der Waals surface area contributed by atoms with Gasteiger partial charge in [-0.1, -0.05) is 0 Å². The molecule has 0 N–H and O–H groups in total. The summed E-state index contributed by atoms with van der Waals surface area (Å²) in [5.41, 5.74) is 1.82. The molecule has 0 atom stereocenters. The van der Waals surface area contributed by atoms with Crippen molar-refractivity contribution in [3.8, 4) is 34.5 Å². The van der Waals surface area contributed by atoms with Crippen LogP contribution in [-0.4, -0.2) is 50.0 Å². The summed E-state index contributed by atoms with van der Waals surface area (Å²) in [5, 5.41) is 1.17. The monoisotopic (exact) mass is 576 g/mol. The molecule has 0 bridgehead atoms. The Balaban J connectivity index is 1.39. The van der Waals surface area contributed by atoms with Gasteiger partial charge in [-0.2, -0.15) is 0 Å². The lowest BCUT2D eigenvalue weighted by atomic mass is 10.0. The normalized spacial score (nSPS) is 11.0. The average Bonchev–Trinajstić information content (AvgIpc) is 3.67. The van der Waals surface area contributed by atoms with E-state index in [0.717, 1.165) is 0 Å². The first kappa shape index (κ1) is 28.3. The van der Waals surface area contributed by atoms with Crippen LogP contribution in [0.4, 0.5) is 0 Å². The number of benzene rings is 2. The maximum Gasteiger partial charge on any atom is 0.205 e. The van der Waals surface area contributed by atoms with Gasteiger partial charge in [-0.05, 0) is 26.0 Å². The highest BCUT2D eigenvalue weighted by atomic mass is 16.5. The molecule has 0 spiro atoms. The number of fused-ring (bicyclic) bond motifs is 2. The van der Waals surface area contributed by atoms with Crippen molar-refractivity contribution in [2.75, 3.05) is 28.4 Å². The summed E-state index contributed by atoms with van der Waals surface area (Å²) >= 11 is 0. The van der Waals surface area contributed by atoms with E-state index in [0.29, 0.717) is 44.8 Å². The van der Waals surface area contributed by atoms with Crippen molar-refractivity contribution in [2.45, 2.75) is 27.1 Å². The molecule has 3 aromatic heterocycles. The van der Waals surface area contributed by atoms with Crippen LogP contribution >= 0.6 is 0 Å². The van der Waals surface area contributed by atoms with Crippen LogP contribution in [0.15, 0.2) is 45.9 Å². The first-order chi connectivity index (χ1) is 20.3. The van der Waals surface area contributed by atoms with Gasteiger partial charge in [0.15, 0.2) is 40.1 Å². The number of hydrogen-bond acceptors (Lipinski definition) is 12. The SMILES string of the molecule is COc1c(C(C)=O)c(OCc2cnc(COc3c(C(C)=O)c(OC)c4ccoc4c3OC)nc2)c(OC)c2occc12. The van der Waals surface area contributed by atoms with E-state index in [-0.39, 0.29) is 58.9 Å². The number of Topliss-reactive ketones (excluding diaryl/α,β-unsaturated/α-hetero) is 2. The highest BCUT2D eigenvalue weighted by Gasteiger charge is 2.29. The number of hydrogen-bond donors (Lipinski definition) is 0. The highest BCUT2D eigenvalue weighted by molar-refractivity contribution is 6.09. The first-order valence-corrected chi connectivity index (χ1v) is 12.7. The number of ketones is 2. The van der Waals surface area contributed by atoms with Crippen LogP contribution in [0.2, 0.25) is 0 Å². The molecule has 0 radical (unpaired) electrons. The van der Waals surface area contributed by atoms with Gasteiger partial charge in [0.05, 0.1) is 51.7 Å². The lowest BCUT2D eigenvalue weighted by molar-refractivity contribution is 0.0996. The molecular weight excluding hydrogens is 548 g/mol. The molecule has 0 fully saturated rings. The van der Waals surface area contributed by atoms with Crippen molar-refractivity contribution < 1.29 is 46.8 Å². The van der Waals surface area contributed by atoms with Gasteiger partial charge >= 0.3 is 0 Å². The first-order valence-electron chi connectivity index (χ1n) is 12.7. The van der Waals surface area contributed by atoms with E-state index in [9.17, 15) is 9.59 Å². The Bertz CT molecular complexity index is 1660. The number of rotatable bonds is 12. The number of carbonyl (C=O) groups is 2. The van der Waals surface area contributed by atoms with E-state index < -0.39 is 0 Å². The third-order valence-electron chi connectivity index (χ3n) is 6.56. The maximum absolute atomic E-state index is 12.6. The standard InChI is InChI=1S/C30H28N2O10/c1-15(33)21-23(35-3)18-7-9-39-25(18)29(37-5)27(21)41-13-17-11-31-20(32-12-17)14-42-28-22(16(2)34)24(36-4)19-8-10-40-26(19)30(28)38-6/h7-12H,13-14H2,1-6H3. The number of methoxy groups -OCH3 is 4. The summed E-state index contributed by atoms with van der Waals surface area (Å²) in [6.07, 6.45) is 6.09. The third kappa shape index (κ3) is 4.80. The Kier molecular flexibility index (Phi) is 7.87. The minimum absolute atomic E-state index is 0.0157. The fourth-order valence-corrected chi connectivity index (χ4v) is 4.77. The second-order valence-corrected chi connectivity index (χ2v) is 9.07. The molecule has 42 heavy (non-hydrogen) atoms. The lowest BCUT2D eigenvalue weighted by Crippen LogP contribution is -2.09. The van der Waals surface area contributed by atoms with Crippen LogP contribution < -0.4 is 28.4 Å². The summed E-state index contributed by atoms with van der Waals surface area (Å²) < 4.78 is 45.3. The van der Waals surface area contributed by atoms with Crippen LogP contribution in [0.1, 0.15) is 46.0 Å². The van der Waals surface area contributed by atoms with Crippen LogP contribution in [0.5, 0.6) is 34.5 Å². The van der Waals surface area contributed by atoms with E-state index in [2.05, 4.69) is 9.97 Å². The quantitative estimate of drug-likeness (QED) is 0.171. The number of furan rings is 2. The molecule has 2 aromatic carbocycles. The number of carbonyl (C=O) groups excluding carboxylic acids is 2. The predicted molar refractivity (Wildman–Crippen MR) is 149 cm³/mol. The summed E-state index contributed by atoms with van der Waals surface area (Å²) in [6, 6.07) is 3.38. The van der Waals surface area contributed by atoms with Crippen molar-refractivity contribution >= 4 is 33.5 Å². The van der Waals surface area contributed by atoms with Crippen molar-refractivity contribution in [1.82, 2.24) is 9.97 Å². The van der Waals surface area contributed by atoms with Gasteiger partial charge in [0.1, 0.15) is 35.8 Å². The summed E-state index contributed by atoms with van der Waals surface area (Å²) in [5.74, 6) is 1.30. The lowest BCUT2D eigenvalue weighted by Gasteiger charge is -2.18. The molecule has 0 aliphatic rings. The highest BCUT2D eigenvalue weighted by Crippen LogP contribution is 2.48. The Morgan fingerprint density at radius 1 is 0.643 bits per heavy atom. The summed E-state index contributed by atoms with van der Waals surface area (Å²) in [4.78, 5) is 33.9. The Morgan fingerprint density at radius 3 is 1.48 bits per heavy atom. The fourth-order valence-electron chi connectivity index (χ4n) is 4.77. The van der Waals surface area contributed by atoms with Crippen LogP contribution in [-0.2, 0) is 13.2 Å². The molecule has 0 saturated carbocycles. The molecule has 0 aliphatic heterocycles. The van der Waals surface area contributed by atoms with Gasteiger partial charge < -0.3 is 37.3 Å². The maximum atomic E-state index is 12.6. The van der Waals surface area contributed by atoms with Crippen LogP contribution in [0, 0.1) is 0 Å². The molecule has 12 nitrogen and oxygen atoms in total. The smallest absolute Gasteiger partial charge is 0.205 e. The number of nitrogens with zero attached hydrogens (tertiary/aromatic N) is 2. The molecule has 0 aliphatic carbocycles. The van der Waals surface area contributed by atoms with Crippen LogP contribution in [0.25, 0.3) is 21.9 Å². The number of aromatic nitrogens is 2. The minimum atomic E-state index is -0.276. The zero-order valence-electron chi connectivity index (χ0n) is 23.9. The minimum Gasteiger partial charge on any atom is -0.495 e. The van der Waals surface area contributed by atoms with Gasteiger partial charge in [0, 0.05) is 18.0 Å². The van der Waals surface area contributed by atoms with E-state index in [4.69, 9.17) is 37.3 Å². The molecule has 218 valence electrons. The Labute approximate surface area is 240 Å². The molecule has 0 saturated heterocycles. The topological polar surface area (TPSA) is 142 Å². The van der Waals surface area contributed by atoms with Crippen molar-refractivity contribution in [3.63, 3.8) is 0 Å². The second-order valence-electron chi connectivity index (χ2n) is 9.07. The second kappa shape index (κ2) is 11.7. The summed E-state index contributed by atoms with van der Waals surface area (Å²) in [6.45, 7) is 2.76. The van der Waals surface area contributed by atoms with Gasteiger partial charge in [0.25, 0.3) is 0 Å². The van der Waals surface area contributed by atoms with E-state index in [1.807, 2.05) is 0 Å². The third-order valence-corrected chi connectivity index (χ3v) is 6.56. The van der Waals surface area contributed by atoms with E-state index in [1.54, 1.807) is 24.5 Å². The molecule has 0 amide bonds. The van der Waals surface area contributed by atoms with Crippen LogP contribution in [0.3, 0.4) is 0 Å². The van der Waals surface area contributed by atoms with Crippen molar-refractivity contribution in [2.24, 2.45) is 0 Å². The van der Waals surface area contributed by atoms with Gasteiger partial charge in [0.2, 0.25) is 11.5 Å². The van der Waals surface area contributed by atoms with Gasteiger partial charge in [-0.3, -0.25) is 9.59 Å². The zero-order valence-corrected chi connectivity index (χ0v) is 23.9. The molecule has 0 unspecified atom stereocenters. The van der Waals surface area contributed by atoms with Crippen molar-refractivity contribution in [3.05, 3.63) is 59.6 Å². The Hall–Kier alpha value is -5.26. The van der Waals surface area contributed by atoms with Gasteiger partial charge in [-0.15, -0.1) is 0 Å². The number of ether oxygens (including phenoxy) is 6. The van der Waals surface area contributed by atoms with Gasteiger partial charge in [-0.25, -0.2) is 9.97 Å². The van der Waals surface area contributed by atoms with E-state index >= 15 is 0 Å². The molecule has 3 heterocycles. The fraction of sp³-hybridized carbons (Fsp3) is 0.267. The molecule has 5 rings (SSSR count). The van der Waals surface area contributed by atoms with Crippen molar-refractivity contribution in [1.29, 1.82) is 0 Å². The zero-order chi connectivity index (χ0) is 30.0. The Morgan fingerprint density at radius 2 is 1.07 bits per heavy atom. The largest absolute Gasteiger partial charge is 0.495 e. The average molecular weight is 577 g/mol. The molecule has 5 aromatic rings.